The minimum absolute atomic E-state index is 0.474. The molecular formula is C16H21N3O. The van der Waals surface area contributed by atoms with Crippen molar-refractivity contribution in [3.63, 3.8) is 0 Å². The van der Waals surface area contributed by atoms with E-state index in [0.29, 0.717) is 6.04 Å². The Kier molecular flexibility index (Phi) is 4.02. The van der Waals surface area contributed by atoms with Gasteiger partial charge in [-0.2, -0.15) is 0 Å². The van der Waals surface area contributed by atoms with Gasteiger partial charge in [-0.05, 0) is 37.1 Å². The van der Waals surface area contributed by atoms with Crippen LogP contribution in [0.5, 0.6) is 5.75 Å². The minimum Gasteiger partial charge on any atom is -0.497 e. The predicted octanol–water partition coefficient (Wildman–Crippen LogP) is 3.15. The van der Waals surface area contributed by atoms with E-state index in [9.17, 15) is 0 Å². The lowest BCUT2D eigenvalue weighted by molar-refractivity contribution is 0.138. The van der Waals surface area contributed by atoms with Crippen molar-refractivity contribution in [2.75, 3.05) is 13.7 Å². The lowest BCUT2D eigenvalue weighted by atomic mass is 9.95. The van der Waals surface area contributed by atoms with Crippen LogP contribution >= 0.6 is 0 Å². The number of aromatic amines is 1. The summed E-state index contributed by atoms with van der Waals surface area (Å²) in [6.45, 7) is 2.07. The van der Waals surface area contributed by atoms with Crippen LogP contribution in [0.4, 0.5) is 0 Å². The average molecular weight is 271 g/mol. The zero-order chi connectivity index (χ0) is 13.8. The van der Waals surface area contributed by atoms with Gasteiger partial charge in [0.15, 0.2) is 0 Å². The molecule has 2 heterocycles. The molecule has 4 heteroatoms. The minimum atomic E-state index is 0.474. The first-order valence-corrected chi connectivity index (χ1v) is 7.22. The van der Waals surface area contributed by atoms with Crippen molar-refractivity contribution in [1.82, 2.24) is 14.9 Å². The van der Waals surface area contributed by atoms with Crippen LogP contribution in [-0.4, -0.2) is 28.5 Å². The number of ether oxygens (including phenoxy) is 1. The number of nitrogens with one attached hydrogen (secondary N) is 1. The van der Waals surface area contributed by atoms with Crippen molar-refractivity contribution in [3.05, 3.63) is 48.0 Å². The maximum atomic E-state index is 5.35. The first-order valence-electron chi connectivity index (χ1n) is 7.22. The largest absolute Gasteiger partial charge is 0.497 e. The van der Waals surface area contributed by atoms with Gasteiger partial charge in [0.2, 0.25) is 0 Å². The summed E-state index contributed by atoms with van der Waals surface area (Å²) in [6, 6.07) is 8.93. The summed E-state index contributed by atoms with van der Waals surface area (Å²) in [5, 5.41) is 0. The highest BCUT2D eigenvalue weighted by molar-refractivity contribution is 5.30. The molecule has 0 bridgehead atoms. The summed E-state index contributed by atoms with van der Waals surface area (Å²) in [6.07, 6.45) is 7.44. The smallest absolute Gasteiger partial charge is 0.119 e. The fourth-order valence-electron chi connectivity index (χ4n) is 3.00. The molecule has 0 spiro atoms. The third-order valence-corrected chi connectivity index (χ3v) is 4.02. The zero-order valence-corrected chi connectivity index (χ0v) is 11.9. The van der Waals surface area contributed by atoms with Crippen molar-refractivity contribution >= 4 is 0 Å². The van der Waals surface area contributed by atoms with Crippen LogP contribution in [0.2, 0.25) is 0 Å². The van der Waals surface area contributed by atoms with Crippen molar-refractivity contribution in [2.45, 2.75) is 31.8 Å². The maximum Gasteiger partial charge on any atom is 0.119 e. The number of likely N-dealkylation sites (tertiary alicyclic amines) is 1. The Morgan fingerprint density at radius 2 is 2.35 bits per heavy atom. The molecule has 1 aromatic heterocycles. The summed E-state index contributed by atoms with van der Waals surface area (Å²) < 4.78 is 5.35. The number of rotatable bonds is 4. The van der Waals surface area contributed by atoms with Crippen LogP contribution in [0.15, 0.2) is 36.8 Å². The van der Waals surface area contributed by atoms with E-state index in [1.807, 2.05) is 12.3 Å². The fraction of sp³-hybridized carbons (Fsp3) is 0.438. The van der Waals surface area contributed by atoms with Gasteiger partial charge in [-0.25, -0.2) is 4.98 Å². The quantitative estimate of drug-likeness (QED) is 0.928. The van der Waals surface area contributed by atoms with Crippen molar-refractivity contribution in [1.29, 1.82) is 0 Å². The predicted molar refractivity (Wildman–Crippen MR) is 78.6 cm³/mol. The molecular weight excluding hydrogens is 250 g/mol. The Morgan fingerprint density at radius 1 is 1.40 bits per heavy atom. The Labute approximate surface area is 119 Å². The van der Waals surface area contributed by atoms with E-state index < -0.39 is 0 Å². The number of piperidine rings is 1. The molecule has 1 aliphatic heterocycles. The highest BCUT2D eigenvalue weighted by Gasteiger charge is 2.24. The second-order valence-electron chi connectivity index (χ2n) is 5.34. The highest BCUT2D eigenvalue weighted by Crippen LogP contribution is 2.33. The second kappa shape index (κ2) is 6.09. The molecule has 3 rings (SSSR count). The molecule has 1 aromatic carbocycles. The summed E-state index contributed by atoms with van der Waals surface area (Å²) in [7, 11) is 1.72. The summed E-state index contributed by atoms with van der Waals surface area (Å²) >= 11 is 0. The number of nitrogens with zero attached hydrogens (tertiary/aromatic N) is 2. The van der Waals surface area contributed by atoms with Gasteiger partial charge in [0.1, 0.15) is 5.75 Å². The number of H-pyrrole nitrogens is 1. The van der Waals surface area contributed by atoms with Crippen LogP contribution in [0.25, 0.3) is 0 Å². The first kappa shape index (κ1) is 13.2. The highest BCUT2D eigenvalue weighted by atomic mass is 16.5. The third-order valence-electron chi connectivity index (χ3n) is 4.02. The maximum absolute atomic E-state index is 5.35. The van der Waals surface area contributed by atoms with Crippen LogP contribution in [-0.2, 0) is 6.54 Å². The number of methoxy groups -OCH3 is 1. The number of hydrogen-bond donors (Lipinski definition) is 1. The summed E-state index contributed by atoms with van der Waals surface area (Å²) in [5.41, 5.74) is 2.53. The molecule has 106 valence electrons. The van der Waals surface area contributed by atoms with Gasteiger partial charge in [0.25, 0.3) is 0 Å². The van der Waals surface area contributed by atoms with Crippen LogP contribution in [0.3, 0.4) is 0 Å². The lowest BCUT2D eigenvalue weighted by Gasteiger charge is -2.35. The molecule has 0 unspecified atom stereocenters. The number of imidazole rings is 1. The molecule has 0 amide bonds. The Balaban J connectivity index is 1.80. The van der Waals surface area contributed by atoms with Crippen molar-refractivity contribution in [3.8, 4) is 5.75 Å². The Bertz CT molecular complexity index is 538. The summed E-state index contributed by atoms with van der Waals surface area (Å²) in [5.74, 6) is 0.939. The van der Waals surface area contributed by atoms with E-state index in [2.05, 4.69) is 33.1 Å². The van der Waals surface area contributed by atoms with E-state index in [0.717, 1.165) is 18.8 Å². The number of aromatic nitrogens is 2. The molecule has 20 heavy (non-hydrogen) atoms. The standard InChI is InChI=1S/C16H21N3O/c1-20-15-6-4-5-13(9-15)16-7-2-3-8-19(16)11-14-10-17-12-18-14/h4-6,9-10,12,16H,2-3,7-8,11H2,1H3,(H,17,18)/t16-/m1/s1. The molecule has 0 radical (unpaired) electrons. The van der Waals surface area contributed by atoms with E-state index >= 15 is 0 Å². The van der Waals surface area contributed by atoms with E-state index in [1.165, 1.54) is 30.5 Å². The molecule has 1 aliphatic rings. The second-order valence-corrected chi connectivity index (χ2v) is 5.34. The van der Waals surface area contributed by atoms with Gasteiger partial charge >= 0.3 is 0 Å². The summed E-state index contributed by atoms with van der Waals surface area (Å²) in [4.78, 5) is 9.85. The Morgan fingerprint density at radius 3 is 3.15 bits per heavy atom. The normalized spacial score (nSPS) is 19.9. The van der Waals surface area contributed by atoms with Gasteiger partial charge in [0.05, 0.1) is 13.4 Å². The SMILES string of the molecule is COc1cccc([C@H]2CCCCN2Cc2cnc[nH]2)c1. The average Bonchev–Trinajstić information content (AvgIpc) is 3.01. The number of benzene rings is 1. The van der Waals surface area contributed by atoms with Gasteiger partial charge in [0, 0.05) is 24.5 Å². The van der Waals surface area contributed by atoms with Crippen molar-refractivity contribution in [2.24, 2.45) is 0 Å². The van der Waals surface area contributed by atoms with Crippen LogP contribution in [0, 0.1) is 0 Å². The third kappa shape index (κ3) is 2.85. The van der Waals surface area contributed by atoms with Gasteiger partial charge in [-0.3, -0.25) is 4.90 Å². The first-order chi connectivity index (χ1) is 9.86. The monoisotopic (exact) mass is 271 g/mol. The molecule has 0 saturated carbocycles. The molecule has 1 saturated heterocycles. The number of hydrogen-bond acceptors (Lipinski definition) is 3. The van der Waals surface area contributed by atoms with Gasteiger partial charge < -0.3 is 9.72 Å². The van der Waals surface area contributed by atoms with E-state index in [1.54, 1.807) is 13.4 Å². The molecule has 1 N–H and O–H groups in total. The molecule has 1 atom stereocenters. The van der Waals surface area contributed by atoms with E-state index in [4.69, 9.17) is 4.74 Å². The lowest BCUT2D eigenvalue weighted by Crippen LogP contribution is -2.33. The zero-order valence-electron chi connectivity index (χ0n) is 11.9. The molecule has 0 aliphatic carbocycles. The van der Waals surface area contributed by atoms with Crippen LogP contribution in [0.1, 0.15) is 36.6 Å². The topological polar surface area (TPSA) is 41.1 Å². The van der Waals surface area contributed by atoms with Gasteiger partial charge in [-0.15, -0.1) is 0 Å². The van der Waals surface area contributed by atoms with Crippen molar-refractivity contribution < 1.29 is 4.74 Å². The van der Waals surface area contributed by atoms with E-state index in [-0.39, 0.29) is 0 Å². The molecule has 1 fully saturated rings. The molecule has 4 nitrogen and oxygen atoms in total. The molecule has 2 aromatic rings. The van der Waals surface area contributed by atoms with Gasteiger partial charge in [-0.1, -0.05) is 18.6 Å². The Hall–Kier alpha value is -1.81. The fourth-order valence-corrected chi connectivity index (χ4v) is 3.00. The van der Waals surface area contributed by atoms with Crippen LogP contribution < -0.4 is 4.74 Å².